The molecule has 2 aromatic rings. The Kier molecular flexibility index (Phi) is 3.20. The quantitative estimate of drug-likeness (QED) is 0.911. The number of hydrogen-bond donors (Lipinski definition) is 1. The van der Waals surface area contributed by atoms with E-state index in [4.69, 9.17) is 5.73 Å². The maximum Gasteiger partial charge on any atom is 0.175 e. The second-order valence-electron chi connectivity index (χ2n) is 3.97. The summed E-state index contributed by atoms with van der Waals surface area (Å²) in [6.45, 7) is 0. The van der Waals surface area contributed by atoms with Gasteiger partial charge < -0.3 is 5.73 Å². The molecule has 1 aromatic carbocycles. The molecular weight excluding hydrogens is 318 g/mol. The van der Waals surface area contributed by atoms with E-state index in [0.717, 1.165) is 5.56 Å². The third-order valence-electron chi connectivity index (χ3n) is 2.59. The molecule has 0 fully saturated rings. The largest absolute Gasteiger partial charge is 0.383 e. The fourth-order valence-corrected chi connectivity index (χ4v) is 2.75. The first-order chi connectivity index (χ1) is 8.30. The lowest BCUT2D eigenvalue weighted by molar-refractivity contribution is 0.602. The summed E-state index contributed by atoms with van der Waals surface area (Å²) >= 11 is 3.37. The van der Waals surface area contributed by atoms with E-state index < -0.39 is 9.84 Å². The SMILES string of the molecule is Cn1nc(-c2ccc(S(C)(=O)=O)cc2)c(Br)c1N. The Balaban J connectivity index is 2.50. The van der Waals surface area contributed by atoms with Crippen molar-refractivity contribution in [1.82, 2.24) is 9.78 Å². The molecule has 1 aromatic heterocycles. The summed E-state index contributed by atoms with van der Waals surface area (Å²) in [6.07, 6.45) is 1.18. The van der Waals surface area contributed by atoms with Crippen molar-refractivity contribution in [3.63, 3.8) is 0 Å². The van der Waals surface area contributed by atoms with Crippen LogP contribution in [0.2, 0.25) is 0 Å². The van der Waals surface area contributed by atoms with Crippen molar-refractivity contribution in [3.8, 4) is 11.3 Å². The molecule has 18 heavy (non-hydrogen) atoms. The zero-order valence-corrected chi connectivity index (χ0v) is 12.3. The van der Waals surface area contributed by atoms with Gasteiger partial charge >= 0.3 is 0 Å². The van der Waals surface area contributed by atoms with E-state index in [1.807, 2.05) is 0 Å². The lowest BCUT2D eigenvalue weighted by atomic mass is 10.1. The molecule has 0 aliphatic rings. The second kappa shape index (κ2) is 4.40. The highest BCUT2D eigenvalue weighted by Crippen LogP contribution is 2.31. The van der Waals surface area contributed by atoms with Gasteiger partial charge in [-0.15, -0.1) is 0 Å². The van der Waals surface area contributed by atoms with E-state index in [9.17, 15) is 8.42 Å². The highest BCUT2D eigenvalue weighted by atomic mass is 79.9. The molecule has 1 heterocycles. The van der Waals surface area contributed by atoms with Crippen molar-refractivity contribution >= 4 is 31.6 Å². The van der Waals surface area contributed by atoms with E-state index >= 15 is 0 Å². The Bertz CT molecular complexity index is 690. The molecule has 0 amide bonds. The summed E-state index contributed by atoms with van der Waals surface area (Å²) in [5.41, 5.74) is 7.29. The molecule has 0 atom stereocenters. The predicted octanol–water partition coefficient (Wildman–Crippen LogP) is 1.84. The normalized spacial score (nSPS) is 11.7. The number of aryl methyl sites for hydroxylation is 1. The van der Waals surface area contributed by atoms with Gasteiger partial charge in [0, 0.05) is 18.9 Å². The molecule has 5 nitrogen and oxygen atoms in total. The monoisotopic (exact) mass is 329 g/mol. The van der Waals surface area contributed by atoms with E-state index in [2.05, 4.69) is 21.0 Å². The van der Waals surface area contributed by atoms with Gasteiger partial charge in [-0.2, -0.15) is 5.10 Å². The van der Waals surface area contributed by atoms with Crippen LogP contribution in [0, 0.1) is 0 Å². The molecule has 0 aliphatic heterocycles. The Morgan fingerprint density at radius 3 is 2.22 bits per heavy atom. The molecule has 0 radical (unpaired) electrons. The Morgan fingerprint density at radius 2 is 1.83 bits per heavy atom. The number of sulfone groups is 1. The van der Waals surface area contributed by atoms with Gasteiger partial charge in [-0.1, -0.05) is 12.1 Å². The first kappa shape index (κ1) is 13.1. The number of nitrogens with two attached hydrogens (primary N) is 1. The van der Waals surface area contributed by atoms with Crippen molar-refractivity contribution in [1.29, 1.82) is 0 Å². The summed E-state index contributed by atoms with van der Waals surface area (Å²) in [7, 11) is -1.43. The molecule has 0 aliphatic carbocycles. The van der Waals surface area contributed by atoms with Crippen LogP contribution in [0.1, 0.15) is 0 Å². The second-order valence-corrected chi connectivity index (χ2v) is 6.78. The molecule has 0 saturated heterocycles. The average Bonchev–Trinajstić information content (AvgIpc) is 2.56. The van der Waals surface area contributed by atoms with Gasteiger partial charge in [0.15, 0.2) is 9.84 Å². The highest BCUT2D eigenvalue weighted by Gasteiger charge is 2.14. The van der Waals surface area contributed by atoms with Crippen molar-refractivity contribution < 1.29 is 8.42 Å². The number of rotatable bonds is 2. The number of aromatic nitrogens is 2. The van der Waals surface area contributed by atoms with Gasteiger partial charge in [0.25, 0.3) is 0 Å². The Hall–Kier alpha value is -1.34. The maximum absolute atomic E-state index is 11.4. The summed E-state index contributed by atoms with van der Waals surface area (Å²) in [5, 5.41) is 4.27. The van der Waals surface area contributed by atoms with E-state index in [1.54, 1.807) is 36.0 Å². The van der Waals surface area contributed by atoms with Crippen LogP contribution in [-0.4, -0.2) is 24.5 Å². The minimum Gasteiger partial charge on any atom is -0.383 e. The molecule has 96 valence electrons. The lowest BCUT2D eigenvalue weighted by Gasteiger charge is -2.00. The molecule has 7 heteroatoms. The van der Waals surface area contributed by atoms with Crippen LogP contribution in [0.3, 0.4) is 0 Å². The fourth-order valence-electron chi connectivity index (χ4n) is 1.56. The van der Waals surface area contributed by atoms with Crippen LogP contribution in [0.5, 0.6) is 0 Å². The first-order valence-corrected chi connectivity index (χ1v) is 7.77. The summed E-state index contributed by atoms with van der Waals surface area (Å²) in [4.78, 5) is 0.284. The predicted molar refractivity (Wildman–Crippen MR) is 73.9 cm³/mol. The topological polar surface area (TPSA) is 78.0 Å². The number of nitrogen functional groups attached to an aromatic ring is 1. The summed E-state index contributed by atoms with van der Waals surface area (Å²) in [5.74, 6) is 0.525. The summed E-state index contributed by atoms with van der Waals surface area (Å²) < 4.78 is 25.0. The lowest BCUT2D eigenvalue weighted by Crippen LogP contribution is -1.97. The van der Waals surface area contributed by atoms with E-state index in [0.29, 0.717) is 16.0 Å². The minimum absolute atomic E-state index is 0.284. The van der Waals surface area contributed by atoms with Crippen LogP contribution >= 0.6 is 15.9 Å². The molecule has 0 spiro atoms. The first-order valence-electron chi connectivity index (χ1n) is 5.09. The molecule has 0 bridgehead atoms. The number of benzene rings is 1. The van der Waals surface area contributed by atoms with Crippen LogP contribution in [-0.2, 0) is 16.9 Å². The van der Waals surface area contributed by atoms with Gasteiger partial charge in [0.2, 0.25) is 0 Å². The van der Waals surface area contributed by atoms with Gasteiger partial charge in [0.1, 0.15) is 11.5 Å². The molecule has 2 N–H and O–H groups in total. The third-order valence-corrected chi connectivity index (χ3v) is 4.50. The van der Waals surface area contributed by atoms with E-state index in [1.165, 1.54) is 6.26 Å². The van der Waals surface area contributed by atoms with Crippen LogP contribution in [0.25, 0.3) is 11.3 Å². The van der Waals surface area contributed by atoms with Crippen LogP contribution < -0.4 is 5.73 Å². The Morgan fingerprint density at radius 1 is 1.28 bits per heavy atom. The number of hydrogen-bond acceptors (Lipinski definition) is 4. The number of nitrogens with zero attached hydrogens (tertiary/aromatic N) is 2. The summed E-state index contributed by atoms with van der Waals surface area (Å²) in [6, 6.07) is 6.54. The average molecular weight is 330 g/mol. The standard InChI is InChI=1S/C11H12BrN3O2S/c1-15-11(13)9(12)10(14-15)7-3-5-8(6-4-7)18(2,16)17/h3-6H,13H2,1-2H3. The van der Waals surface area contributed by atoms with E-state index in [-0.39, 0.29) is 4.90 Å². The fraction of sp³-hybridized carbons (Fsp3) is 0.182. The number of halogens is 1. The maximum atomic E-state index is 11.4. The van der Waals surface area contributed by atoms with Gasteiger partial charge in [-0.05, 0) is 28.1 Å². The molecular formula is C11H12BrN3O2S. The van der Waals surface area contributed by atoms with Crippen LogP contribution in [0.4, 0.5) is 5.82 Å². The Labute approximate surface area is 114 Å². The van der Waals surface area contributed by atoms with Gasteiger partial charge in [-0.25, -0.2) is 8.42 Å². The van der Waals surface area contributed by atoms with Crippen molar-refractivity contribution in [3.05, 3.63) is 28.7 Å². The number of anilines is 1. The van der Waals surface area contributed by atoms with Gasteiger partial charge in [-0.3, -0.25) is 4.68 Å². The molecule has 0 saturated carbocycles. The van der Waals surface area contributed by atoms with Crippen molar-refractivity contribution in [2.24, 2.45) is 7.05 Å². The smallest absolute Gasteiger partial charge is 0.175 e. The minimum atomic E-state index is -3.18. The molecule has 0 unspecified atom stereocenters. The zero-order valence-electron chi connectivity index (χ0n) is 9.88. The third kappa shape index (κ3) is 2.28. The van der Waals surface area contributed by atoms with Crippen LogP contribution in [0.15, 0.2) is 33.6 Å². The van der Waals surface area contributed by atoms with Crippen molar-refractivity contribution in [2.75, 3.05) is 12.0 Å². The zero-order chi connectivity index (χ0) is 13.5. The van der Waals surface area contributed by atoms with Gasteiger partial charge in [0.05, 0.1) is 9.37 Å². The molecule has 2 rings (SSSR count). The van der Waals surface area contributed by atoms with Crippen molar-refractivity contribution in [2.45, 2.75) is 4.90 Å². The highest BCUT2D eigenvalue weighted by molar-refractivity contribution is 9.10.